The standard InChI is InChI=1S/C14H12Cl2N4O4S/c15-8-3-7-4-10(17-12(7)9(16)5-8)14(22)19-1-2-20-11(6-19)13(21)18-25(20,23)24/h3-5,11,17H,1-2,6H2,(H,18,21). The number of aromatic amines is 1. The van der Waals surface area contributed by atoms with Gasteiger partial charge in [-0.05, 0) is 18.2 Å². The van der Waals surface area contributed by atoms with Gasteiger partial charge < -0.3 is 9.88 Å². The summed E-state index contributed by atoms with van der Waals surface area (Å²) in [7, 11) is -3.79. The number of fused-ring (bicyclic) bond motifs is 2. The average molecular weight is 403 g/mol. The van der Waals surface area contributed by atoms with E-state index in [4.69, 9.17) is 23.2 Å². The van der Waals surface area contributed by atoms with Gasteiger partial charge in [0.25, 0.3) is 11.8 Å². The van der Waals surface area contributed by atoms with Crippen LogP contribution in [0.2, 0.25) is 10.0 Å². The first-order valence-electron chi connectivity index (χ1n) is 7.37. The molecule has 2 N–H and O–H groups in total. The molecule has 1 aromatic carbocycles. The van der Waals surface area contributed by atoms with Crippen molar-refractivity contribution in [1.82, 2.24) is 18.9 Å². The number of nitrogens with zero attached hydrogens (tertiary/aromatic N) is 2. The van der Waals surface area contributed by atoms with E-state index < -0.39 is 22.2 Å². The number of piperazine rings is 1. The van der Waals surface area contributed by atoms with Crippen molar-refractivity contribution in [2.45, 2.75) is 6.04 Å². The Kier molecular flexibility index (Phi) is 3.73. The molecule has 0 aliphatic carbocycles. The number of carbonyl (C=O) groups is 2. The first-order valence-corrected chi connectivity index (χ1v) is 9.56. The zero-order chi connectivity index (χ0) is 17.9. The molecule has 1 unspecified atom stereocenters. The summed E-state index contributed by atoms with van der Waals surface area (Å²) in [5, 5.41) is 1.55. The second-order valence-electron chi connectivity index (χ2n) is 5.88. The lowest BCUT2D eigenvalue weighted by Gasteiger charge is -2.33. The largest absolute Gasteiger partial charge is 0.349 e. The Morgan fingerprint density at radius 2 is 1.96 bits per heavy atom. The lowest BCUT2D eigenvalue weighted by molar-refractivity contribution is -0.122. The van der Waals surface area contributed by atoms with Crippen molar-refractivity contribution < 1.29 is 18.0 Å². The number of hydrogen-bond acceptors (Lipinski definition) is 4. The van der Waals surface area contributed by atoms with Crippen LogP contribution in [-0.2, 0) is 15.0 Å². The van der Waals surface area contributed by atoms with Gasteiger partial charge in [0.15, 0.2) is 0 Å². The zero-order valence-corrected chi connectivity index (χ0v) is 15.0. The SMILES string of the molecule is O=C1NS(=O)(=O)N2CCN(C(=O)c3cc4cc(Cl)cc(Cl)c4[nH]3)CC12. The van der Waals surface area contributed by atoms with Crippen LogP contribution in [-0.4, -0.2) is 60.1 Å². The fraction of sp³-hybridized carbons (Fsp3) is 0.286. The van der Waals surface area contributed by atoms with Crippen molar-refractivity contribution in [3.8, 4) is 0 Å². The predicted octanol–water partition coefficient (Wildman–Crippen LogP) is 0.976. The van der Waals surface area contributed by atoms with E-state index in [1.165, 1.54) is 4.90 Å². The molecule has 0 spiro atoms. The second kappa shape index (κ2) is 5.60. The van der Waals surface area contributed by atoms with Crippen molar-refractivity contribution in [3.63, 3.8) is 0 Å². The predicted molar refractivity (Wildman–Crippen MR) is 91.8 cm³/mol. The molecular formula is C14H12Cl2N4O4S. The van der Waals surface area contributed by atoms with E-state index in [0.29, 0.717) is 26.6 Å². The molecule has 2 amide bonds. The van der Waals surface area contributed by atoms with Gasteiger partial charge >= 0.3 is 10.2 Å². The summed E-state index contributed by atoms with van der Waals surface area (Å²) in [6.45, 7) is 0.241. The number of aromatic nitrogens is 1. The van der Waals surface area contributed by atoms with Gasteiger partial charge in [-0.2, -0.15) is 12.7 Å². The minimum Gasteiger partial charge on any atom is -0.349 e. The van der Waals surface area contributed by atoms with Crippen LogP contribution in [0, 0.1) is 0 Å². The number of H-pyrrole nitrogens is 1. The Hall–Kier alpha value is -1.81. The third-order valence-corrected chi connectivity index (χ3v) is 6.36. The highest BCUT2D eigenvalue weighted by molar-refractivity contribution is 7.88. The average Bonchev–Trinajstić information content (AvgIpc) is 3.06. The van der Waals surface area contributed by atoms with Crippen molar-refractivity contribution in [3.05, 3.63) is 33.9 Å². The normalized spacial score (nSPS) is 22.9. The number of nitrogens with one attached hydrogen (secondary N) is 2. The molecule has 2 aliphatic rings. The van der Waals surface area contributed by atoms with Crippen LogP contribution in [0.5, 0.6) is 0 Å². The fourth-order valence-corrected chi connectivity index (χ4v) is 5.04. The molecule has 25 heavy (non-hydrogen) atoms. The molecule has 132 valence electrons. The number of benzene rings is 1. The summed E-state index contributed by atoms with van der Waals surface area (Å²) in [4.78, 5) is 29.0. The summed E-state index contributed by atoms with van der Waals surface area (Å²) in [6, 6.07) is 3.99. The van der Waals surface area contributed by atoms with Crippen LogP contribution in [0.1, 0.15) is 10.5 Å². The van der Waals surface area contributed by atoms with E-state index in [1.807, 2.05) is 4.72 Å². The summed E-state index contributed by atoms with van der Waals surface area (Å²) in [5.41, 5.74) is 0.892. The molecule has 3 heterocycles. The van der Waals surface area contributed by atoms with Crippen molar-refractivity contribution in [2.24, 2.45) is 0 Å². The van der Waals surface area contributed by atoms with Gasteiger partial charge in [0.2, 0.25) is 0 Å². The van der Waals surface area contributed by atoms with Gasteiger partial charge in [-0.15, -0.1) is 0 Å². The van der Waals surface area contributed by atoms with Gasteiger partial charge in [0.05, 0.1) is 10.5 Å². The number of carbonyl (C=O) groups excluding carboxylic acids is 2. The highest BCUT2D eigenvalue weighted by Crippen LogP contribution is 2.29. The lowest BCUT2D eigenvalue weighted by atomic mass is 10.2. The van der Waals surface area contributed by atoms with E-state index in [1.54, 1.807) is 18.2 Å². The van der Waals surface area contributed by atoms with Gasteiger partial charge in [-0.1, -0.05) is 23.2 Å². The molecule has 11 heteroatoms. The molecule has 2 fully saturated rings. The number of amides is 2. The lowest BCUT2D eigenvalue weighted by Crippen LogP contribution is -2.54. The van der Waals surface area contributed by atoms with Gasteiger partial charge in [0.1, 0.15) is 11.7 Å². The summed E-state index contributed by atoms with van der Waals surface area (Å²) >= 11 is 12.1. The quantitative estimate of drug-likeness (QED) is 0.741. The molecule has 2 aliphatic heterocycles. The number of hydrogen-bond donors (Lipinski definition) is 2. The van der Waals surface area contributed by atoms with Gasteiger partial charge in [0, 0.05) is 30.0 Å². The van der Waals surface area contributed by atoms with Crippen molar-refractivity contribution in [1.29, 1.82) is 0 Å². The minimum atomic E-state index is -3.79. The van der Waals surface area contributed by atoms with Crippen LogP contribution in [0.3, 0.4) is 0 Å². The maximum absolute atomic E-state index is 12.7. The zero-order valence-electron chi connectivity index (χ0n) is 12.6. The number of halogens is 2. The molecule has 8 nitrogen and oxygen atoms in total. The summed E-state index contributed by atoms with van der Waals surface area (Å²) in [5.74, 6) is -0.955. The summed E-state index contributed by atoms with van der Waals surface area (Å²) in [6.07, 6.45) is 0. The van der Waals surface area contributed by atoms with Crippen LogP contribution in [0.25, 0.3) is 10.9 Å². The molecule has 4 rings (SSSR count). The van der Waals surface area contributed by atoms with Crippen LogP contribution in [0.15, 0.2) is 18.2 Å². The maximum Gasteiger partial charge on any atom is 0.304 e. The molecule has 2 aromatic rings. The van der Waals surface area contributed by atoms with E-state index in [0.717, 1.165) is 4.31 Å². The van der Waals surface area contributed by atoms with E-state index >= 15 is 0 Å². The maximum atomic E-state index is 12.7. The number of rotatable bonds is 1. The molecule has 0 radical (unpaired) electrons. The monoisotopic (exact) mass is 402 g/mol. The van der Waals surface area contributed by atoms with E-state index in [9.17, 15) is 18.0 Å². The Bertz CT molecular complexity index is 1020. The highest BCUT2D eigenvalue weighted by Gasteiger charge is 2.47. The smallest absolute Gasteiger partial charge is 0.304 e. The molecular weight excluding hydrogens is 391 g/mol. The Labute approximate surface area is 152 Å². The Balaban J connectivity index is 1.62. The Morgan fingerprint density at radius 1 is 1.20 bits per heavy atom. The fourth-order valence-electron chi connectivity index (χ4n) is 3.16. The molecule has 1 atom stereocenters. The minimum absolute atomic E-state index is 0.00620. The van der Waals surface area contributed by atoms with E-state index in [2.05, 4.69) is 4.98 Å². The molecule has 1 aromatic heterocycles. The first-order chi connectivity index (χ1) is 11.8. The van der Waals surface area contributed by atoms with Crippen LogP contribution in [0.4, 0.5) is 0 Å². The molecule has 0 saturated carbocycles. The van der Waals surface area contributed by atoms with Crippen LogP contribution < -0.4 is 4.72 Å². The first kappa shape index (κ1) is 16.6. The van der Waals surface area contributed by atoms with Crippen molar-refractivity contribution >= 4 is 56.1 Å². The molecule has 0 bridgehead atoms. The van der Waals surface area contributed by atoms with Crippen molar-refractivity contribution in [2.75, 3.05) is 19.6 Å². The second-order valence-corrected chi connectivity index (χ2v) is 8.35. The third-order valence-electron chi connectivity index (χ3n) is 4.33. The van der Waals surface area contributed by atoms with Crippen LogP contribution >= 0.6 is 23.2 Å². The van der Waals surface area contributed by atoms with E-state index in [-0.39, 0.29) is 25.5 Å². The molecule has 2 saturated heterocycles. The summed E-state index contributed by atoms with van der Waals surface area (Å²) < 4.78 is 26.6. The highest BCUT2D eigenvalue weighted by atomic mass is 35.5. The Morgan fingerprint density at radius 3 is 2.72 bits per heavy atom. The van der Waals surface area contributed by atoms with Gasteiger partial charge in [-0.25, -0.2) is 4.72 Å². The van der Waals surface area contributed by atoms with Gasteiger partial charge in [-0.3, -0.25) is 9.59 Å². The third kappa shape index (κ3) is 2.67. The topological polar surface area (TPSA) is 103 Å².